The van der Waals surface area contributed by atoms with Gasteiger partial charge in [0.05, 0.1) is 18.0 Å². The topological polar surface area (TPSA) is 147 Å². The highest BCUT2D eigenvalue weighted by molar-refractivity contribution is 5.74. The summed E-state index contributed by atoms with van der Waals surface area (Å²) in [6, 6.07) is 19.3. The Balaban J connectivity index is 1.54. The lowest BCUT2D eigenvalue weighted by Gasteiger charge is -2.26. The molecule has 176 valence electrons. The van der Waals surface area contributed by atoms with Gasteiger partial charge in [-0.15, -0.1) is 0 Å². The van der Waals surface area contributed by atoms with Crippen LogP contribution < -0.4 is 24.7 Å². The van der Waals surface area contributed by atoms with E-state index < -0.39 is 16.8 Å². The van der Waals surface area contributed by atoms with Gasteiger partial charge in [0.15, 0.2) is 6.61 Å². The Kier molecular flexibility index (Phi) is 6.50. The summed E-state index contributed by atoms with van der Waals surface area (Å²) >= 11 is 0. The van der Waals surface area contributed by atoms with Crippen molar-refractivity contribution < 1.29 is 28.7 Å². The van der Waals surface area contributed by atoms with Crippen molar-refractivity contribution in [2.45, 2.75) is 5.92 Å². The molecule has 10 heteroatoms. The van der Waals surface area contributed by atoms with Crippen LogP contribution in [0.1, 0.15) is 17.0 Å². The number of nitrogens with two attached hydrogens (primary N) is 1. The number of hydrogen-bond donors (Lipinski definition) is 1. The number of nitro benzene ring substituents is 1. The van der Waals surface area contributed by atoms with Crippen LogP contribution >= 0.6 is 0 Å². The zero-order valence-corrected chi connectivity index (χ0v) is 18.5. The summed E-state index contributed by atoms with van der Waals surface area (Å²) in [5.74, 6) is 0.101. The van der Waals surface area contributed by atoms with E-state index in [9.17, 15) is 20.2 Å². The van der Waals surface area contributed by atoms with Gasteiger partial charge in [-0.2, -0.15) is 5.26 Å². The van der Waals surface area contributed by atoms with Crippen LogP contribution in [0.2, 0.25) is 0 Å². The van der Waals surface area contributed by atoms with Gasteiger partial charge < -0.3 is 24.7 Å². The second-order valence-corrected chi connectivity index (χ2v) is 7.41. The molecule has 1 aliphatic heterocycles. The second kappa shape index (κ2) is 9.84. The number of non-ortho nitro benzene ring substituents is 1. The average Bonchev–Trinajstić information content (AvgIpc) is 2.87. The molecule has 2 N–H and O–H groups in total. The normalized spacial score (nSPS) is 14.2. The lowest BCUT2D eigenvalue weighted by atomic mass is 9.83. The van der Waals surface area contributed by atoms with Crippen molar-refractivity contribution in [3.63, 3.8) is 0 Å². The largest absolute Gasteiger partial charge is 0.497 e. The molecule has 0 spiro atoms. The predicted molar refractivity (Wildman–Crippen MR) is 123 cm³/mol. The summed E-state index contributed by atoms with van der Waals surface area (Å²) in [5, 5.41) is 20.9. The summed E-state index contributed by atoms with van der Waals surface area (Å²) in [7, 11) is 1.55. The van der Waals surface area contributed by atoms with Crippen molar-refractivity contribution in [3.8, 4) is 29.1 Å². The van der Waals surface area contributed by atoms with Crippen molar-refractivity contribution >= 4 is 11.7 Å². The molecule has 0 fully saturated rings. The van der Waals surface area contributed by atoms with Crippen LogP contribution in [0.25, 0.3) is 0 Å². The van der Waals surface area contributed by atoms with E-state index in [1.165, 1.54) is 30.3 Å². The monoisotopic (exact) mass is 473 g/mol. The highest BCUT2D eigenvalue weighted by Crippen LogP contribution is 2.43. The van der Waals surface area contributed by atoms with Crippen LogP contribution in [-0.2, 0) is 4.79 Å². The number of ether oxygens (including phenoxy) is 4. The van der Waals surface area contributed by atoms with E-state index in [1.54, 1.807) is 43.5 Å². The number of nitrogens with zero attached hydrogens (tertiary/aromatic N) is 2. The summed E-state index contributed by atoms with van der Waals surface area (Å²) in [6.07, 6.45) is 0. The molecule has 0 bridgehead atoms. The second-order valence-electron chi connectivity index (χ2n) is 7.41. The van der Waals surface area contributed by atoms with E-state index in [1.807, 2.05) is 6.07 Å². The Bertz CT molecular complexity index is 1360. The zero-order chi connectivity index (χ0) is 24.9. The van der Waals surface area contributed by atoms with E-state index in [0.29, 0.717) is 22.6 Å². The minimum atomic E-state index is -0.688. The molecule has 0 amide bonds. The molecular weight excluding hydrogens is 454 g/mol. The van der Waals surface area contributed by atoms with Gasteiger partial charge in [0.2, 0.25) is 5.88 Å². The molecule has 3 aromatic rings. The van der Waals surface area contributed by atoms with Crippen molar-refractivity contribution in [1.82, 2.24) is 0 Å². The van der Waals surface area contributed by atoms with Gasteiger partial charge in [-0.05, 0) is 35.9 Å². The minimum Gasteiger partial charge on any atom is -0.497 e. The average molecular weight is 473 g/mol. The van der Waals surface area contributed by atoms with Gasteiger partial charge in [0.25, 0.3) is 5.69 Å². The summed E-state index contributed by atoms with van der Waals surface area (Å²) < 4.78 is 21.4. The van der Waals surface area contributed by atoms with E-state index in [-0.39, 0.29) is 35.2 Å². The van der Waals surface area contributed by atoms with Crippen molar-refractivity contribution in [2.24, 2.45) is 5.73 Å². The number of fused-ring (bicyclic) bond motifs is 1. The number of nitro groups is 1. The van der Waals surface area contributed by atoms with Gasteiger partial charge >= 0.3 is 5.97 Å². The maximum Gasteiger partial charge on any atom is 0.349 e. The molecule has 0 radical (unpaired) electrons. The first kappa shape index (κ1) is 23.1. The molecule has 1 unspecified atom stereocenters. The van der Waals surface area contributed by atoms with Crippen LogP contribution in [0.3, 0.4) is 0 Å². The molecule has 0 aliphatic carbocycles. The van der Waals surface area contributed by atoms with E-state index in [2.05, 4.69) is 0 Å². The first-order valence-corrected chi connectivity index (χ1v) is 10.3. The number of carbonyl (C=O) groups excluding carboxylic acids is 1. The van der Waals surface area contributed by atoms with Gasteiger partial charge in [-0.1, -0.05) is 18.2 Å². The number of esters is 1. The Morgan fingerprint density at radius 3 is 2.51 bits per heavy atom. The lowest BCUT2D eigenvalue weighted by Crippen LogP contribution is -2.21. The first-order valence-electron chi connectivity index (χ1n) is 10.3. The summed E-state index contributed by atoms with van der Waals surface area (Å²) in [4.78, 5) is 23.0. The number of rotatable bonds is 7. The predicted octanol–water partition coefficient (Wildman–Crippen LogP) is 3.81. The van der Waals surface area contributed by atoms with Crippen molar-refractivity contribution in [3.05, 3.63) is 99.4 Å². The lowest BCUT2D eigenvalue weighted by molar-refractivity contribution is -0.384. The molecule has 1 aliphatic rings. The SMILES string of the molecule is COc1ccc(OCC(=O)Oc2ccc3c(c2)OC(N)=C(C#N)C3c2cccc([N+](=O)[O-])c2)cc1. The van der Waals surface area contributed by atoms with Gasteiger partial charge in [-0.3, -0.25) is 10.1 Å². The van der Waals surface area contributed by atoms with Crippen LogP contribution in [0.15, 0.2) is 78.2 Å². The minimum absolute atomic E-state index is 0.117. The fourth-order valence-electron chi connectivity index (χ4n) is 3.64. The Labute approximate surface area is 199 Å². The van der Waals surface area contributed by atoms with Crippen LogP contribution in [0.4, 0.5) is 5.69 Å². The molecular formula is C25H19N3O7. The maximum absolute atomic E-state index is 12.3. The molecule has 0 saturated carbocycles. The molecule has 10 nitrogen and oxygen atoms in total. The number of methoxy groups -OCH3 is 1. The quantitative estimate of drug-likeness (QED) is 0.234. The third-order valence-corrected chi connectivity index (χ3v) is 5.25. The Morgan fingerprint density at radius 1 is 1.11 bits per heavy atom. The van der Waals surface area contributed by atoms with Crippen molar-refractivity contribution in [1.29, 1.82) is 5.26 Å². The number of allylic oxidation sites excluding steroid dienone is 1. The number of benzene rings is 3. The fraction of sp³-hybridized carbons (Fsp3) is 0.120. The summed E-state index contributed by atoms with van der Waals surface area (Å²) in [6.45, 7) is -0.332. The highest BCUT2D eigenvalue weighted by atomic mass is 16.6. The Hall–Kier alpha value is -5.04. The number of carbonyl (C=O) groups is 1. The Morgan fingerprint density at radius 2 is 1.83 bits per heavy atom. The van der Waals surface area contributed by atoms with Gasteiger partial charge in [-0.25, -0.2) is 4.79 Å². The number of hydrogen-bond acceptors (Lipinski definition) is 9. The van der Waals surface area contributed by atoms with E-state index in [0.717, 1.165) is 0 Å². The third-order valence-electron chi connectivity index (χ3n) is 5.25. The molecule has 1 heterocycles. The zero-order valence-electron chi connectivity index (χ0n) is 18.5. The van der Waals surface area contributed by atoms with Gasteiger partial charge in [0, 0.05) is 23.8 Å². The first-order chi connectivity index (χ1) is 16.9. The third kappa shape index (κ3) is 4.99. The summed E-state index contributed by atoms with van der Waals surface area (Å²) in [5.41, 5.74) is 7.03. The molecule has 1 atom stereocenters. The molecule has 0 saturated heterocycles. The maximum atomic E-state index is 12.3. The molecule has 3 aromatic carbocycles. The smallest absolute Gasteiger partial charge is 0.349 e. The van der Waals surface area contributed by atoms with Crippen LogP contribution in [0, 0.1) is 21.4 Å². The van der Waals surface area contributed by atoms with E-state index >= 15 is 0 Å². The highest BCUT2D eigenvalue weighted by Gasteiger charge is 2.32. The molecule has 35 heavy (non-hydrogen) atoms. The standard InChI is InChI=1S/C25H19N3O7/c1-32-17-5-7-18(8-6-17)33-14-23(29)34-19-9-10-20-22(12-19)35-25(27)21(13-26)24(20)15-3-2-4-16(11-15)28(30)31/h2-12,24H,14,27H2,1H3. The molecule has 0 aromatic heterocycles. The van der Waals surface area contributed by atoms with Crippen LogP contribution in [-0.4, -0.2) is 24.6 Å². The fourth-order valence-corrected chi connectivity index (χ4v) is 3.64. The molecule has 4 rings (SSSR count). The van der Waals surface area contributed by atoms with Crippen LogP contribution in [0.5, 0.6) is 23.0 Å². The van der Waals surface area contributed by atoms with E-state index in [4.69, 9.17) is 24.7 Å². The van der Waals surface area contributed by atoms with Crippen molar-refractivity contribution in [2.75, 3.05) is 13.7 Å². The van der Waals surface area contributed by atoms with Gasteiger partial charge in [0.1, 0.15) is 34.6 Å². The number of nitriles is 1.